The Hall–Kier alpha value is -1.53. The zero-order chi connectivity index (χ0) is 10.8. The summed E-state index contributed by atoms with van der Waals surface area (Å²) in [6, 6.07) is 7.40. The number of nitrogens with one attached hydrogen (secondary N) is 2. The van der Waals surface area contributed by atoms with Crippen molar-refractivity contribution in [2.45, 2.75) is 0 Å². The van der Waals surface area contributed by atoms with Crippen molar-refractivity contribution in [3.63, 3.8) is 0 Å². The molecule has 0 radical (unpaired) electrons. The SMILES string of the molecule is Nc1ccccc1-c1nc(=S)[nH]c(=S)[nH]1. The summed E-state index contributed by atoms with van der Waals surface area (Å²) >= 11 is 9.91. The Labute approximate surface area is 96.2 Å². The fraction of sp³-hybridized carbons (Fsp3) is 0. The number of rotatable bonds is 1. The van der Waals surface area contributed by atoms with Crippen molar-refractivity contribution >= 4 is 30.1 Å². The summed E-state index contributed by atoms with van der Waals surface area (Å²) in [6.07, 6.45) is 0. The molecule has 1 aromatic heterocycles. The van der Waals surface area contributed by atoms with E-state index in [0.29, 0.717) is 21.1 Å². The fourth-order valence-electron chi connectivity index (χ4n) is 1.23. The van der Waals surface area contributed by atoms with Gasteiger partial charge in [-0.1, -0.05) is 12.1 Å². The molecule has 0 saturated carbocycles. The van der Waals surface area contributed by atoms with E-state index in [-0.39, 0.29) is 0 Å². The highest BCUT2D eigenvalue weighted by atomic mass is 32.1. The Morgan fingerprint density at radius 1 is 1.13 bits per heavy atom. The predicted octanol–water partition coefficient (Wildman–Crippen LogP) is 2.45. The molecule has 2 rings (SSSR count). The number of benzene rings is 1. The third-order valence-electron chi connectivity index (χ3n) is 1.88. The van der Waals surface area contributed by atoms with Crippen molar-refractivity contribution in [3.8, 4) is 11.4 Å². The lowest BCUT2D eigenvalue weighted by atomic mass is 10.2. The molecule has 6 heteroatoms. The molecular formula is C9H8N4S2. The molecular weight excluding hydrogens is 228 g/mol. The maximum absolute atomic E-state index is 5.81. The van der Waals surface area contributed by atoms with Gasteiger partial charge in [0.15, 0.2) is 4.77 Å². The number of anilines is 1. The van der Waals surface area contributed by atoms with Crippen LogP contribution in [0.2, 0.25) is 0 Å². The van der Waals surface area contributed by atoms with E-state index in [4.69, 9.17) is 30.2 Å². The van der Waals surface area contributed by atoms with Gasteiger partial charge in [0.1, 0.15) is 5.82 Å². The lowest BCUT2D eigenvalue weighted by molar-refractivity contribution is 1.01. The molecule has 1 aromatic carbocycles. The van der Waals surface area contributed by atoms with E-state index in [1.807, 2.05) is 18.2 Å². The summed E-state index contributed by atoms with van der Waals surface area (Å²) in [6.45, 7) is 0. The molecule has 1 heterocycles. The zero-order valence-electron chi connectivity index (χ0n) is 7.65. The van der Waals surface area contributed by atoms with Crippen LogP contribution in [0.3, 0.4) is 0 Å². The van der Waals surface area contributed by atoms with Crippen LogP contribution in [0.4, 0.5) is 5.69 Å². The Kier molecular flexibility index (Phi) is 2.61. The first-order valence-corrected chi connectivity index (χ1v) is 5.04. The third kappa shape index (κ3) is 2.11. The standard InChI is InChI=1S/C9H8N4S2/c10-6-4-2-1-3-5(6)7-11-8(14)13-9(15)12-7/h1-4H,10H2,(H2,11,12,13,14,15). The molecule has 15 heavy (non-hydrogen) atoms. The average molecular weight is 236 g/mol. The summed E-state index contributed by atoms with van der Waals surface area (Å²) < 4.78 is 0.783. The molecule has 4 nitrogen and oxygen atoms in total. The number of hydrogen-bond donors (Lipinski definition) is 3. The molecule has 76 valence electrons. The highest BCUT2D eigenvalue weighted by Gasteiger charge is 2.03. The molecule has 0 atom stereocenters. The van der Waals surface area contributed by atoms with Gasteiger partial charge in [-0.3, -0.25) is 0 Å². The number of para-hydroxylation sites is 1. The third-order valence-corrected chi connectivity index (χ3v) is 2.28. The van der Waals surface area contributed by atoms with Crippen molar-refractivity contribution in [1.29, 1.82) is 0 Å². The highest BCUT2D eigenvalue weighted by Crippen LogP contribution is 2.20. The molecule has 4 N–H and O–H groups in total. The van der Waals surface area contributed by atoms with E-state index in [1.54, 1.807) is 6.07 Å². The van der Waals surface area contributed by atoms with Crippen LogP contribution >= 0.6 is 24.4 Å². The van der Waals surface area contributed by atoms with Crippen molar-refractivity contribution in [2.24, 2.45) is 0 Å². The number of hydrogen-bond acceptors (Lipinski definition) is 4. The van der Waals surface area contributed by atoms with Crippen LogP contribution in [-0.4, -0.2) is 15.0 Å². The molecule has 0 spiro atoms. The monoisotopic (exact) mass is 236 g/mol. The summed E-state index contributed by atoms with van der Waals surface area (Å²) in [5.41, 5.74) is 7.25. The molecule has 0 aliphatic carbocycles. The Morgan fingerprint density at radius 2 is 1.87 bits per heavy atom. The maximum Gasteiger partial charge on any atom is 0.201 e. The van der Waals surface area contributed by atoms with Crippen LogP contribution in [0, 0.1) is 9.54 Å². The lowest BCUT2D eigenvalue weighted by Gasteiger charge is -2.03. The summed E-state index contributed by atoms with van der Waals surface area (Å²) in [5.74, 6) is 0.585. The number of aromatic nitrogens is 3. The van der Waals surface area contributed by atoms with Gasteiger partial charge in [0.05, 0.1) is 0 Å². The molecule has 0 bridgehead atoms. The first kappa shape index (κ1) is 10.0. The van der Waals surface area contributed by atoms with E-state index in [9.17, 15) is 0 Å². The van der Waals surface area contributed by atoms with Crippen LogP contribution in [-0.2, 0) is 0 Å². The van der Waals surface area contributed by atoms with Gasteiger partial charge in [0.25, 0.3) is 0 Å². The highest BCUT2D eigenvalue weighted by molar-refractivity contribution is 7.71. The van der Waals surface area contributed by atoms with E-state index < -0.39 is 0 Å². The predicted molar refractivity (Wildman–Crippen MR) is 64.5 cm³/mol. The van der Waals surface area contributed by atoms with Gasteiger partial charge in [0.2, 0.25) is 4.77 Å². The number of nitrogen functional groups attached to an aromatic ring is 1. The van der Waals surface area contributed by atoms with Crippen molar-refractivity contribution in [2.75, 3.05) is 5.73 Å². The van der Waals surface area contributed by atoms with Crippen LogP contribution < -0.4 is 5.73 Å². The molecule has 0 unspecified atom stereocenters. The second-order valence-corrected chi connectivity index (χ2v) is 3.73. The van der Waals surface area contributed by atoms with Gasteiger partial charge in [-0.15, -0.1) is 0 Å². The van der Waals surface area contributed by atoms with Crippen LogP contribution in [0.5, 0.6) is 0 Å². The van der Waals surface area contributed by atoms with Crippen molar-refractivity contribution in [1.82, 2.24) is 15.0 Å². The molecule has 0 aliphatic heterocycles. The molecule has 2 aromatic rings. The van der Waals surface area contributed by atoms with Gasteiger partial charge in [-0.05, 0) is 36.6 Å². The molecule has 0 aliphatic rings. The largest absolute Gasteiger partial charge is 0.398 e. The van der Waals surface area contributed by atoms with Crippen LogP contribution in [0.1, 0.15) is 0 Å². The van der Waals surface area contributed by atoms with Crippen LogP contribution in [0.15, 0.2) is 24.3 Å². The van der Waals surface area contributed by atoms with Crippen LogP contribution in [0.25, 0.3) is 11.4 Å². The second-order valence-electron chi connectivity index (χ2n) is 2.93. The number of aromatic amines is 2. The van der Waals surface area contributed by atoms with Gasteiger partial charge in [-0.2, -0.15) is 0 Å². The number of nitrogens with zero attached hydrogens (tertiary/aromatic N) is 1. The minimum absolute atomic E-state index is 0.344. The first-order valence-electron chi connectivity index (χ1n) is 4.22. The Balaban J connectivity index is 2.70. The minimum Gasteiger partial charge on any atom is -0.398 e. The smallest absolute Gasteiger partial charge is 0.201 e. The van der Waals surface area contributed by atoms with Gasteiger partial charge in [-0.25, -0.2) is 4.98 Å². The molecule has 0 fully saturated rings. The van der Waals surface area contributed by atoms with E-state index in [2.05, 4.69) is 15.0 Å². The number of nitrogens with two attached hydrogens (primary N) is 1. The fourth-order valence-corrected chi connectivity index (χ4v) is 1.68. The van der Waals surface area contributed by atoms with E-state index in [1.165, 1.54) is 0 Å². The lowest BCUT2D eigenvalue weighted by Crippen LogP contribution is -1.96. The summed E-state index contributed by atoms with van der Waals surface area (Å²) in [4.78, 5) is 9.75. The Bertz CT molecular complexity index is 571. The topological polar surface area (TPSA) is 70.5 Å². The quantitative estimate of drug-likeness (QED) is 0.525. The first-order chi connectivity index (χ1) is 7.16. The normalized spacial score (nSPS) is 10.1. The molecule has 0 amide bonds. The Morgan fingerprint density at radius 3 is 2.53 bits per heavy atom. The maximum atomic E-state index is 5.81. The van der Waals surface area contributed by atoms with E-state index >= 15 is 0 Å². The van der Waals surface area contributed by atoms with Gasteiger partial charge < -0.3 is 15.7 Å². The zero-order valence-corrected chi connectivity index (χ0v) is 9.28. The minimum atomic E-state index is 0.344. The second kappa shape index (κ2) is 3.92. The van der Waals surface area contributed by atoms with Gasteiger partial charge >= 0.3 is 0 Å². The van der Waals surface area contributed by atoms with Crippen molar-refractivity contribution < 1.29 is 0 Å². The number of H-pyrrole nitrogens is 2. The van der Waals surface area contributed by atoms with Gasteiger partial charge in [0, 0.05) is 11.3 Å². The van der Waals surface area contributed by atoms with E-state index in [0.717, 1.165) is 5.56 Å². The summed E-state index contributed by atoms with van der Waals surface area (Å²) in [7, 11) is 0. The molecule has 0 saturated heterocycles. The summed E-state index contributed by atoms with van der Waals surface area (Å²) in [5, 5.41) is 0. The van der Waals surface area contributed by atoms with Crippen molar-refractivity contribution in [3.05, 3.63) is 33.8 Å². The average Bonchev–Trinajstić information content (AvgIpc) is 2.16.